The summed E-state index contributed by atoms with van der Waals surface area (Å²) < 4.78 is 5.15. The number of barbiturate groups is 1. The molecule has 0 aromatic carbocycles. The zero-order chi connectivity index (χ0) is 10.8. The maximum Gasteiger partial charge on any atom is 0.331 e. The van der Waals surface area contributed by atoms with Crippen LogP contribution in [0.25, 0.3) is 0 Å². The van der Waals surface area contributed by atoms with Gasteiger partial charge in [0.25, 0.3) is 0 Å². The molecule has 1 N–H and O–H groups in total. The minimum atomic E-state index is -0.594. The van der Waals surface area contributed by atoms with Gasteiger partial charge < -0.3 is 4.74 Å². The first-order valence-corrected chi connectivity index (χ1v) is 4.92. The smallest absolute Gasteiger partial charge is 0.331 e. The molecule has 2 rings (SSSR count). The highest BCUT2D eigenvalue weighted by atomic mass is 16.5. The van der Waals surface area contributed by atoms with Crippen molar-refractivity contribution in [3.63, 3.8) is 0 Å². The molecule has 2 saturated heterocycles. The number of ether oxygens (including phenoxy) is 1. The largest absolute Gasteiger partial charge is 0.381 e. The second-order valence-electron chi connectivity index (χ2n) is 3.64. The molecule has 0 saturated carbocycles. The Hall–Kier alpha value is -1.43. The maximum absolute atomic E-state index is 11.5. The number of hydrogen-bond donors (Lipinski definition) is 1. The average molecular weight is 212 g/mol. The van der Waals surface area contributed by atoms with E-state index in [1.54, 1.807) is 0 Å². The zero-order valence-corrected chi connectivity index (χ0v) is 8.19. The summed E-state index contributed by atoms with van der Waals surface area (Å²) in [7, 11) is 0. The Morgan fingerprint density at radius 3 is 2.47 bits per heavy atom. The van der Waals surface area contributed by atoms with Gasteiger partial charge in [-0.2, -0.15) is 0 Å². The van der Waals surface area contributed by atoms with Gasteiger partial charge in [0.15, 0.2) is 0 Å². The monoisotopic (exact) mass is 212 g/mol. The van der Waals surface area contributed by atoms with E-state index in [1.807, 2.05) is 0 Å². The maximum atomic E-state index is 11.5. The van der Waals surface area contributed by atoms with Crippen molar-refractivity contribution in [1.82, 2.24) is 10.2 Å². The predicted octanol–water partition coefficient (Wildman–Crippen LogP) is -0.366. The molecular weight excluding hydrogens is 200 g/mol. The first kappa shape index (κ1) is 10.1. The molecule has 0 aromatic heterocycles. The number of hydrogen-bond acceptors (Lipinski definition) is 4. The third-order valence-corrected chi connectivity index (χ3v) is 2.60. The van der Waals surface area contributed by atoms with Crippen molar-refractivity contribution < 1.29 is 19.1 Å². The van der Waals surface area contributed by atoms with Gasteiger partial charge >= 0.3 is 6.03 Å². The van der Waals surface area contributed by atoms with Crippen molar-refractivity contribution in [3.8, 4) is 0 Å². The van der Waals surface area contributed by atoms with Crippen LogP contribution in [0.5, 0.6) is 0 Å². The number of nitrogens with one attached hydrogen (secondary N) is 1. The van der Waals surface area contributed by atoms with Crippen LogP contribution in [0.15, 0.2) is 0 Å². The number of nitrogens with zero attached hydrogens (tertiary/aromatic N) is 1. The van der Waals surface area contributed by atoms with Crippen molar-refractivity contribution in [2.45, 2.75) is 25.3 Å². The molecule has 0 aromatic rings. The summed E-state index contributed by atoms with van der Waals surface area (Å²) in [5.41, 5.74) is 0. The van der Waals surface area contributed by atoms with E-state index in [0.29, 0.717) is 26.1 Å². The van der Waals surface area contributed by atoms with Crippen LogP contribution >= 0.6 is 0 Å². The number of carbonyl (C=O) groups is 3. The lowest BCUT2D eigenvalue weighted by Gasteiger charge is -2.34. The summed E-state index contributed by atoms with van der Waals surface area (Å²) in [6.45, 7) is 1.10. The number of carbonyl (C=O) groups excluding carboxylic acids is 3. The lowest BCUT2D eigenvalue weighted by Crippen LogP contribution is -2.57. The van der Waals surface area contributed by atoms with Crippen LogP contribution in [-0.2, 0) is 14.3 Å². The SMILES string of the molecule is O=C1CC(=O)N(C2CCOCC2)C(=O)N1. The van der Waals surface area contributed by atoms with E-state index >= 15 is 0 Å². The van der Waals surface area contributed by atoms with Crippen LogP contribution in [0.1, 0.15) is 19.3 Å². The van der Waals surface area contributed by atoms with Crippen LogP contribution in [0.3, 0.4) is 0 Å². The van der Waals surface area contributed by atoms with Crippen molar-refractivity contribution in [1.29, 1.82) is 0 Å². The third kappa shape index (κ3) is 1.99. The second-order valence-corrected chi connectivity index (χ2v) is 3.64. The Morgan fingerprint density at radius 2 is 1.87 bits per heavy atom. The van der Waals surface area contributed by atoms with E-state index < -0.39 is 17.8 Å². The van der Waals surface area contributed by atoms with Gasteiger partial charge in [-0.1, -0.05) is 0 Å². The number of imide groups is 2. The fraction of sp³-hybridized carbons (Fsp3) is 0.667. The quantitative estimate of drug-likeness (QED) is 0.602. The van der Waals surface area contributed by atoms with E-state index in [2.05, 4.69) is 5.32 Å². The first-order chi connectivity index (χ1) is 7.18. The molecule has 15 heavy (non-hydrogen) atoms. The van der Waals surface area contributed by atoms with E-state index in [9.17, 15) is 14.4 Å². The Morgan fingerprint density at radius 1 is 1.20 bits per heavy atom. The molecule has 2 heterocycles. The highest BCUT2D eigenvalue weighted by molar-refractivity contribution is 6.14. The molecule has 0 radical (unpaired) electrons. The zero-order valence-electron chi connectivity index (χ0n) is 8.19. The molecular formula is C9H12N2O4. The minimum absolute atomic E-state index is 0.126. The molecule has 2 fully saturated rings. The van der Waals surface area contributed by atoms with Crippen molar-refractivity contribution in [2.24, 2.45) is 0 Å². The van der Waals surface area contributed by atoms with Crippen molar-refractivity contribution in [3.05, 3.63) is 0 Å². The van der Waals surface area contributed by atoms with Crippen LogP contribution < -0.4 is 5.32 Å². The molecule has 2 aliphatic rings. The van der Waals surface area contributed by atoms with Crippen LogP contribution in [0.4, 0.5) is 4.79 Å². The van der Waals surface area contributed by atoms with Crippen LogP contribution in [0, 0.1) is 0 Å². The Balaban J connectivity index is 2.09. The lowest BCUT2D eigenvalue weighted by molar-refractivity contribution is -0.138. The van der Waals surface area contributed by atoms with Gasteiger partial charge in [0, 0.05) is 19.3 Å². The van der Waals surface area contributed by atoms with Crippen LogP contribution in [-0.4, -0.2) is 42.0 Å². The fourth-order valence-corrected chi connectivity index (χ4v) is 1.87. The topological polar surface area (TPSA) is 75.7 Å². The average Bonchev–Trinajstić information content (AvgIpc) is 2.17. The first-order valence-electron chi connectivity index (χ1n) is 4.92. The number of amides is 4. The molecule has 82 valence electrons. The summed E-state index contributed by atoms with van der Waals surface area (Å²) in [5, 5.41) is 2.14. The molecule has 4 amide bonds. The van der Waals surface area contributed by atoms with Crippen molar-refractivity contribution in [2.75, 3.05) is 13.2 Å². The molecule has 6 heteroatoms. The summed E-state index contributed by atoms with van der Waals surface area (Å²) in [4.78, 5) is 35.0. The van der Waals surface area contributed by atoms with E-state index in [1.165, 1.54) is 0 Å². The summed E-state index contributed by atoms with van der Waals surface area (Å²) in [5.74, 6) is -0.927. The minimum Gasteiger partial charge on any atom is -0.381 e. The van der Waals surface area contributed by atoms with Gasteiger partial charge in [0.1, 0.15) is 6.42 Å². The molecule has 0 spiro atoms. The Bertz CT molecular complexity index is 289. The molecule has 0 atom stereocenters. The van der Waals surface area contributed by atoms with Gasteiger partial charge in [-0.15, -0.1) is 0 Å². The predicted molar refractivity (Wildman–Crippen MR) is 48.8 cm³/mol. The molecule has 0 unspecified atom stereocenters. The number of urea groups is 1. The van der Waals surface area contributed by atoms with E-state index in [-0.39, 0.29) is 12.5 Å². The van der Waals surface area contributed by atoms with Gasteiger partial charge in [0.2, 0.25) is 11.8 Å². The van der Waals surface area contributed by atoms with E-state index in [0.717, 1.165) is 4.90 Å². The highest BCUT2D eigenvalue weighted by Crippen LogP contribution is 2.17. The summed E-state index contributed by atoms with van der Waals surface area (Å²) in [6.07, 6.45) is 1.06. The van der Waals surface area contributed by atoms with Gasteiger partial charge in [-0.3, -0.25) is 19.8 Å². The molecule has 6 nitrogen and oxygen atoms in total. The standard InChI is InChI=1S/C9H12N2O4/c12-7-5-8(13)11(9(14)10-7)6-1-3-15-4-2-6/h6H,1-5H2,(H,10,12,14). The fourth-order valence-electron chi connectivity index (χ4n) is 1.87. The Kier molecular flexibility index (Phi) is 2.68. The van der Waals surface area contributed by atoms with Gasteiger partial charge in [-0.05, 0) is 12.8 Å². The Labute approximate surface area is 86.6 Å². The summed E-state index contributed by atoms with van der Waals surface area (Å²) >= 11 is 0. The van der Waals surface area contributed by atoms with Gasteiger partial charge in [0.05, 0.1) is 0 Å². The molecule has 0 bridgehead atoms. The number of rotatable bonds is 1. The molecule has 2 aliphatic heterocycles. The van der Waals surface area contributed by atoms with Crippen LogP contribution in [0.2, 0.25) is 0 Å². The second kappa shape index (κ2) is 3.98. The van der Waals surface area contributed by atoms with Crippen molar-refractivity contribution >= 4 is 17.8 Å². The summed E-state index contributed by atoms with van der Waals surface area (Å²) in [6, 6.07) is -0.720. The van der Waals surface area contributed by atoms with E-state index in [4.69, 9.17) is 4.74 Å². The molecule has 0 aliphatic carbocycles. The van der Waals surface area contributed by atoms with Gasteiger partial charge in [-0.25, -0.2) is 4.79 Å². The lowest BCUT2D eigenvalue weighted by atomic mass is 10.1. The normalized spacial score (nSPS) is 24.3. The third-order valence-electron chi connectivity index (χ3n) is 2.60. The highest BCUT2D eigenvalue weighted by Gasteiger charge is 2.36.